The molecule has 0 spiro atoms. The van der Waals surface area contributed by atoms with Crippen molar-refractivity contribution in [3.63, 3.8) is 0 Å². The summed E-state index contributed by atoms with van der Waals surface area (Å²) in [4.78, 5) is 4.39. The van der Waals surface area contributed by atoms with Gasteiger partial charge in [0.15, 0.2) is 0 Å². The lowest BCUT2D eigenvalue weighted by molar-refractivity contribution is 0.450. The lowest BCUT2D eigenvalue weighted by Gasteiger charge is -2.14. The Morgan fingerprint density at radius 3 is 2.60 bits per heavy atom. The number of nitrogens with zero attached hydrogens (tertiary/aromatic N) is 1. The third kappa shape index (κ3) is 2.09. The van der Waals surface area contributed by atoms with Gasteiger partial charge in [-0.25, -0.2) is 0 Å². The molecular weight excluding hydrogens is 210 g/mol. The van der Waals surface area contributed by atoms with Gasteiger partial charge in [-0.2, -0.15) is 0 Å². The Balaban J connectivity index is 2.32. The normalized spacial score (nSPS) is 18.9. The summed E-state index contributed by atoms with van der Waals surface area (Å²) >= 11 is 1.65. The fraction of sp³-hybridized carbons (Fsp3) is 0.364. The van der Waals surface area contributed by atoms with E-state index >= 15 is 0 Å². The average molecular weight is 223 g/mol. The summed E-state index contributed by atoms with van der Waals surface area (Å²) in [5.41, 5.74) is 0.698. The summed E-state index contributed by atoms with van der Waals surface area (Å²) < 4.78 is 0.0969. The van der Waals surface area contributed by atoms with Crippen molar-refractivity contribution in [1.29, 1.82) is 0 Å². The van der Waals surface area contributed by atoms with Gasteiger partial charge in [-0.3, -0.25) is 4.99 Å². The van der Waals surface area contributed by atoms with Gasteiger partial charge in [0.05, 0.1) is 6.54 Å². The van der Waals surface area contributed by atoms with Crippen LogP contribution in [0.15, 0.2) is 23.2 Å². The molecule has 80 valence electrons. The molecule has 4 heteroatoms. The van der Waals surface area contributed by atoms with Crippen molar-refractivity contribution in [3.05, 3.63) is 23.8 Å². The highest BCUT2D eigenvalue weighted by molar-refractivity contribution is 8.15. The van der Waals surface area contributed by atoms with Crippen LogP contribution in [0, 0.1) is 0 Å². The van der Waals surface area contributed by atoms with Gasteiger partial charge < -0.3 is 10.2 Å². The van der Waals surface area contributed by atoms with Crippen molar-refractivity contribution in [2.75, 3.05) is 6.54 Å². The summed E-state index contributed by atoms with van der Waals surface area (Å²) in [7, 11) is 0. The molecule has 0 unspecified atom stereocenters. The van der Waals surface area contributed by atoms with E-state index in [2.05, 4.69) is 18.8 Å². The molecule has 0 saturated heterocycles. The second kappa shape index (κ2) is 3.45. The van der Waals surface area contributed by atoms with Crippen LogP contribution in [-0.4, -0.2) is 26.5 Å². The third-order valence-electron chi connectivity index (χ3n) is 2.19. The van der Waals surface area contributed by atoms with Gasteiger partial charge in [0.1, 0.15) is 16.5 Å². The maximum absolute atomic E-state index is 9.67. The highest BCUT2D eigenvalue weighted by Gasteiger charge is 2.28. The summed E-state index contributed by atoms with van der Waals surface area (Å²) in [6, 6.07) is 4.59. The fourth-order valence-corrected chi connectivity index (χ4v) is 2.49. The van der Waals surface area contributed by atoms with Crippen LogP contribution >= 0.6 is 11.8 Å². The summed E-state index contributed by atoms with van der Waals surface area (Å²) in [5.74, 6) is 0.151. The first-order valence-electron chi connectivity index (χ1n) is 4.74. The van der Waals surface area contributed by atoms with Crippen LogP contribution in [0.3, 0.4) is 0 Å². The zero-order valence-corrected chi connectivity index (χ0v) is 9.51. The number of aromatic hydroxyl groups is 2. The van der Waals surface area contributed by atoms with Crippen molar-refractivity contribution in [2.24, 2.45) is 4.99 Å². The molecule has 1 heterocycles. The predicted octanol–water partition coefficient (Wildman–Crippen LogP) is 2.37. The smallest absolute Gasteiger partial charge is 0.129 e. The van der Waals surface area contributed by atoms with Gasteiger partial charge in [0.2, 0.25) is 0 Å². The molecule has 1 aromatic rings. The van der Waals surface area contributed by atoms with E-state index in [1.807, 2.05) is 0 Å². The first kappa shape index (κ1) is 10.4. The topological polar surface area (TPSA) is 52.8 Å². The van der Waals surface area contributed by atoms with Crippen LogP contribution < -0.4 is 0 Å². The van der Waals surface area contributed by atoms with Gasteiger partial charge >= 0.3 is 0 Å². The van der Waals surface area contributed by atoms with Crippen molar-refractivity contribution in [2.45, 2.75) is 18.6 Å². The van der Waals surface area contributed by atoms with Gasteiger partial charge in [-0.05, 0) is 26.0 Å². The lowest BCUT2D eigenvalue weighted by atomic mass is 10.2. The molecule has 15 heavy (non-hydrogen) atoms. The highest BCUT2D eigenvalue weighted by Crippen LogP contribution is 2.37. The average Bonchev–Trinajstić information content (AvgIpc) is 2.46. The van der Waals surface area contributed by atoms with E-state index in [1.165, 1.54) is 6.07 Å². The molecule has 0 saturated carbocycles. The van der Waals surface area contributed by atoms with Crippen LogP contribution in [0.4, 0.5) is 0 Å². The van der Waals surface area contributed by atoms with Crippen molar-refractivity contribution >= 4 is 16.8 Å². The van der Waals surface area contributed by atoms with E-state index in [0.717, 1.165) is 11.6 Å². The maximum Gasteiger partial charge on any atom is 0.129 e. The van der Waals surface area contributed by atoms with Crippen molar-refractivity contribution in [1.82, 2.24) is 0 Å². The first-order valence-corrected chi connectivity index (χ1v) is 5.55. The van der Waals surface area contributed by atoms with E-state index in [-0.39, 0.29) is 16.2 Å². The van der Waals surface area contributed by atoms with Gasteiger partial charge in [-0.15, -0.1) is 0 Å². The molecule has 1 aromatic carbocycles. The van der Waals surface area contributed by atoms with E-state index in [0.29, 0.717) is 5.56 Å². The van der Waals surface area contributed by atoms with Crippen molar-refractivity contribution < 1.29 is 10.2 Å². The lowest BCUT2D eigenvalue weighted by Crippen LogP contribution is -2.14. The Morgan fingerprint density at radius 2 is 2.07 bits per heavy atom. The van der Waals surface area contributed by atoms with Crippen LogP contribution in [-0.2, 0) is 0 Å². The van der Waals surface area contributed by atoms with Crippen LogP contribution in [0.5, 0.6) is 11.5 Å². The Labute approximate surface area is 92.9 Å². The Morgan fingerprint density at radius 1 is 1.33 bits per heavy atom. The van der Waals surface area contributed by atoms with Crippen molar-refractivity contribution in [3.8, 4) is 11.5 Å². The molecule has 2 N–H and O–H groups in total. The number of hydrogen-bond acceptors (Lipinski definition) is 4. The fourth-order valence-electron chi connectivity index (χ4n) is 1.43. The van der Waals surface area contributed by atoms with Gasteiger partial charge in [-0.1, -0.05) is 11.8 Å². The molecule has 0 aromatic heterocycles. The molecule has 0 amide bonds. The number of thioether (sulfide) groups is 1. The number of aliphatic imine (C=N–C) groups is 1. The highest BCUT2D eigenvalue weighted by atomic mass is 32.2. The molecule has 0 fully saturated rings. The molecule has 0 radical (unpaired) electrons. The predicted molar refractivity (Wildman–Crippen MR) is 62.8 cm³/mol. The standard InChI is InChI=1S/C11H13NO2S/c1-11(2)6-12-10(15-11)8-4-3-7(13)5-9(8)14/h3-5,13-14H,6H2,1-2H3. The number of benzene rings is 1. The summed E-state index contributed by atoms with van der Waals surface area (Å²) in [6.07, 6.45) is 0. The van der Waals surface area contributed by atoms with E-state index < -0.39 is 0 Å². The minimum atomic E-state index is 0.0686. The van der Waals surface area contributed by atoms with E-state index in [9.17, 15) is 10.2 Å². The van der Waals surface area contributed by atoms with Gasteiger partial charge in [0.25, 0.3) is 0 Å². The van der Waals surface area contributed by atoms with Crippen LogP contribution in [0.25, 0.3) is 0 Å². The zero-order valence-electron chi connectivity index (χ0n) is 8.69. The van der Waals surface area contributed by atoms with Crippen LogP contribution in [0.2, 0.25) is 0 Å². The van der Waals surface area contributed by atoms with E-state index in [1.54, 1.807) is 23.9 Å². The molecule has 0 atom stereocenters. The molecule has 0 aliphatic carbocycles. The monoisotopic (exact) mass is 223 g/mol. The third-order valence-corrected chi connectivity index (χ3v) is 3.41. The number of hydrogen-bond donors (Lipinski definition) is 2. The molecule has 2 rings (SSSR count). The summed E-state index contributed by atoms with van der Waals surface area (Å²) in [5, 5.41) is 19.7. The molecule has 1 aliphatic rings. The second-order valence-corrected chi connectivity index (χ2v) is 5.88. The molecule has 1 aliphatic heterocycles. The maximum atomic E-state index is 9.67. The minimum Gasteiger partial charge on any atom is -0.508 e. The first-order chi connectivity index (χ1) is 6.98. The quantitative estimate of drug-likeness (QED) is 0.768. The van der Waals surface area contributed by atoms with Gasteiger partial charge in [0, 0.05) is 16.4 Å². The van der Waals surface area contributed by atoms with E-state index in [4.69, 9.17) is 0 Å². The Kier molecular flexibility index (Phi) is 2.38. The number of rotatable bonds is 1. The molecule has 3 nitrogen and oxygen atoms in total. The largest absolute Gasteiger partial charge is 0.508 e. The number of phenolic OH excluding ortho intramolecular Hbond substituents is 2. The minimum absolute atomic E-state index is 0.0686. The molecule has 0 bridgehead atoms. The SMILES string of the molecule is CC1(C)CN=C(c2ccc(O)cc2O)S1. The molecular formula is C11H13NO2S. The zero-order chi connectivity index (χ0) is 11.1. The second-order valence-electron chi connectivity index (χ2n) is 4.18. The Hall–Kier alpha value is -1.16. The van der Waals surface area contributed by atoms with Crippen LogP contribution in [0.1, 0.15) is 19.4 Å². The number of phenols is 2. The Bertz CT molecular complexity index is 427. The summed E-state index contributed by atoms with van der Waals surface area (Å²) in [6.45, 7) is 4.99.